The van der Waals surface area contributed by atoms with Gasteiger partial charge in [0.2, 0.25) is 0 Å². The van der Waals surface area contributed by atoms with Crippen LogP contribution >= 0.6 is 15.9 Å². The van der Waals surface area contributed by atoms with Crippen LogP contribution in [0.1, 0.15) is 20.3 Å². The van der Waals surface area contributed by atoms with E-state index >= 15 is 0 Å². The largest absolute Gasteiger partial charge is 0.488 e. The lowest BCUT2D eigenvalue weighted by Gasteiger charge is -2.16. The Kier molecular flexibility index (Phi) is 5.73. The van der Waals surface area contributed by atoms with E-state index < -0.39 is 0 Å². The molecule has 1 N–H and O–H groups in total. The molecular formula is C12H18BrNO. The molecule has 0 bridgehead atoms. The molecule has 1 aromatic rings. The zero-order valence-electron chi connectivity index (χ0n) is 9.29. The normalized spacial score (nSPS) is 12.5. The molecule has 0 radical (unpaired) electrons. The molecule has 0 aliphatic carbocycles. The molecule has 1 rings (SSSR count). The van der Waals surface area contributed by atoms with Crippen LogP contribution in [0.2, 0.25) is 0 Å². The monoisotopic (exact) mass is 271 g/mol. The average Bonchev–Trinajstić information content (AvgIpc) is 2.22. The maximum Gasteiger partial charge on any atom is 0.133 e. The summed E-state index contributed by atoms with van der Waals surface area (Å²) in [7, 11) is 0. The van der Waals surface area contributed by atoms with Gasteiger partial charge in [0.1, 0.15) is 11.9 Å². The predicted octanol–water partition coefficient (Wildman–Crippen LogP) is 3.22. The van der Waals surface area contributed by atoms with Crippen molar-refractivity contribution in [1.29, 1.82) is 0 Å². The lowest BCUT2D eigenvalue weighted by atomic mass is 10.3. The lowest BCUT2D eigenvalue weighted by molar-refractivity contribution is 0.216. The maximum absolute atomic E-state index is 5.78. The highest BCUT2D eigenvalue weighted by molar-refractivity contribution is 9.10. The van der Waals surface area contributed by atoms with E-state index in [0.29, 0.717) is 0 Å². The Morgan fingerprint density at radius 2 is 2.13 bits per heavy atom. The first-order valence-electron chi connectivity index (χ1n) is 5.36. The summed E-state index contributed by atoms with van der Waals surface area (Å²) in [6.07, 6.45) is 1.34. The summed E-state index contributed by atoms with van der Waals surface area (Å²) in [5, 5.41) is 3.33. The van der Waals surface area contributed by atoms with Gasteiger partial charge in [-0.3, -0.25) is 0 Å². The van der Waals surface area contributed by atoms with Crippen molar-refractivity contribution in [2.75, 3.05) is 13.1 Å². The van der Waals surface area contributed by atoms with Crippen LogP contribution in [0.5, 0.6) is 5.75 Å². The zero-order chi connectivity index (χ0) is 11.1. The first-order valence-corrected chi connectivity index (χ1v) is 6.15. The maximum atomic E-state index is 5.78. The second-order valence-corrected chi connectivity index (χ2v) is 4.42. The van der Waals surface area contributed by atoms with Gasteiger partial charge < -0.3 is 10.1 Å². The van der Waals surface area contributed by atoms with Gasteiger partial charge >= 0.3 is 0 Å². The lowest BCUT2D eigenvalue weighted by Crippen LogP contribution is -2.29. The van der Waals surface area contributed by atoms with Crippen LogP contribution < -0.4 is 10.1 Å². The highest BCUT2D eigenvalue weighted by Crippen LogP contribution is 2.24. The molecule has 0 aliphatic rings. The molecule has 0 heterocycles. The van der Waals surface area contributed by atoms with Crippen LogP contribution in [-0.2, 0) is 0 Å². The third-order valence-corrected chi connectivity index (χ3v) is 2.68. The van der Waals surface area contributed by atoms with Gasteiger partial charge in [-0.1, -0.05) is 19.1 Å². The summed E-state index contributed by atoms with van der Waals surface area (Å²) in [4.78, 5) is 0. The number of ether oxygens (including phenoxy) is 1. The van der Waals surface area contributed by atoms with Gasteiger partial charge in [0.05, 0.1) is 4.47 Å². The molecular weight excluding hydrogens is 254 g/mol. The first-order chi connectivity index (χ1) is 7.24. The molecule has 0 saturated carbocycles. The predicted molar refractivity (Wildman–Crippen MR) is 67.4 cm³/mol. The molecule has 3 heteroatoms. The Morgan fingerprint density at radius 3 is 2.80 bits per heavy atom. The minimum Gasteiger partial charge on any atom is -0.488 e. The van der Waals surface area contributed by atoms with Gasteiger partial charge in [-0.2, -0.15) is 0 Å². The molecule has 0 amide bonds. The van der Waals surface area contributed by atoms with Crippen molar-refractivity contribution in [1.82, 2.24) is 5.32 Å². The Balaban J connectivity index is 2.37. The summed E-state index contributed by atoms with van der Waals surface area (Å²) in [5.74, 6) is 0.906. The number of para-hydroxylation sites is 1. The van der Waals surface area contributed by atoms with Crippen LogP contribution in [0.15, 0.2) is 28.7 Å². The first kappa shape index (κ1) is 12.5. The molecule has 0 saturated heterocycles. The minimum atomic E-state index is 0.190. The van der Waals surface area contributed by atoms with Crippen molar-refractivity contribution in [3.05, 3.63) is 28.7 Å². The topological polar surface area (TPSA) is 21.3 Å². The van der Waals surface area contributed by atoms with E-state index in [2.05, 4.69) is 35.1 Å². The van der Waals surface area contributed by atoms with Crippen molar-refractivity contribution in [2.45, 2.75) is 26.4 Å². The standard InChI is InChI=1S/C12H18BrNO/c1-3-8-14-9-10(2)15-12-7-5-4-6-11(12)13/h4-7,10,14H,3,8-9H2,1-2H3. The molecule has 1 unspecified atom stereocenters. The molecule has 0 spiro atoms. The molecule has 84 valence electrons. The van der Waals surface area contributed by atoms with Crippen molar-refractivity contribution < 1.29 is 4.74 Å². The smallest absolute Gasteiger partial charge is 0.133 e. The molecule has 2 nitrogen and oxygen atoms in total. The Hall–Kier alpha value is -0.540. The number of benzene rings is 1. The van der Waals surface area contributed by atoms with E-state index in [1.807, 2.05) is 24.3 Å². The summed E-state index contributed by atoms with van der Waals surface area (Å²) >= 11 is 3.46. The van der Waals surface area contributed by atoms with Gasteiger partial charge in [0.15, 0.2) is 0 Å². The Labute approximate surface area is 100 Å². The van der Waals surface area contributed by atoms with E-state index in [4.69, 9.17) is 4.74 Å². The van der Waals surface area contributed by atoms with Gasteiger partial charge in [-0.25, -0.2) is 0 Å². The van der Waals surface area contributed by atoms with Gasteiger partial charge in [-0.05, 0) is 48.0 Å². The minimum absolute atomic E-state index is 0.190. The zero-order valence-corrected chi connectivity index (χ0v) is 10.9. The van der Waals surface area contributed by atoms with E-state index in [-0.39, 0.29) is 6.10 Å². The number of halogens is 1. The average molecular weight is 272 g/mol. The van der Waals surface area contributed by atoms with Crippen LogP contribution in [0, 0.1) is 0 Å². The van der Waals surface area contributed by atoms with Crippen molar-refractivity contribution in [3.63, 3.8) is 0 Å². The molecule has 1 atom stereocenters. The summed E-state index contributed by atoms with van der Waals surface area (Å²) in [6.45, 7) is 6.16. The summed E-state index contributed by atoms with van der Waals surface area (Å²) in [6, 6.07) is 7.92. The SMILES string of the molecule is CCCNCC(C)Oc1ccccc1Br. The highest BCUT2D eigenvalue weighted by atomic mass is 79.9. The van der Waals surface area contributed by atoms with Crippen molar-refractivity contribution in [3.8, 4) is 5.75 Å². The van der Waals surface area contributed by atoms with Crippen molar-refractivity contribution >= 4 is 15.9 Å². The van der Waals surface area contributed by atoms with E-state index in [0.717, 1.165) is 29.7 Å². The molecule has 0 aliphatic heterocycles. The Bertz CT molecular complexity index is 291. The third-order valence-electron chi connectivity index (χ3n) is 2.02. The third kappa shape index (κ3) is 4.67. The fraction of sp³-hybridized carbons (Fsp3) is 0.500. The number of rotatable bonds is 6. The Morgan fingerprint density at radius 1 is 1.40 bits per heavy atom. The summed E-state index contributed by atoms with van der Waals surface area (Å²) in [5.41, 5.74) is 0. The molecule has 0 aromatic heterocycles. The number of hydrogen-bond acceptors (Lipinski definition) is 2. The van der Waals surface area contributed by atoms with E-state index in [1.165, 1.54) is 0 Å². The van der Waals surface area contributed by atoms with Gasteiger partial charge in [-0.15, -0.1) is 0 Å². The molecule has 1 aromatic carbocycles. The summed E-state index contributed by atoms with van der Waals surface area (Å²) < 4.78 is 6.79. The van der Waals surface area contributed by atoms with Gasteiger partial charge in [0, 0.05) is 6.54 Å². The van der Waals surface area contributed by atoms with Gasteiger partial charge in [0.25, 0.3) is 0 Å². The highest BCUT2D eigenvalue weighted by Gasteiger charge is 2.05. The fourth-order valence-corrected chi connectivity index (χ4v) is 1.66. The second kappa shape index (κ2) is 6.85. The van der Waals surface area contributed by atoms with Crippen LogP contribution in [0.25, 0.3) is 0 Å². The van der Waals surface area contributed by atoms with Crippen molar-refractivity contribution in [2.24, 2.45) is 0 Å². The second-order valence-electron chi connectivity index (χ2n) is 3.56. The fourth-order valence-electron chi connectivity index (χ4n) is 1.28. The quantitative estimate of drug-likeness (QED) is 0.803. The van der Waals surface area contributed by atoms with E-state index in [9.17, 15) is 0 Å². The van der Waals surface area contributed by atoms with Crippen LogP contribution in [0.4, 0.5) is 0 Å². The number of nitrogens with one attached hydrogen (secondary N) is 1. The molecule has 0 fully saturated rings. The molecule has 15 heavy (non-hydrogen) atoms. The van der Waals surface area contributed by atoms with Crippen LogP contribution in [-0.4, -0.2) is 19.2 Å². The van der Waals surface area contributed by atoms with E-state index in [1.54, 1.807) is 0 Å². The number of hydrogen-bond donors (Lipinski definition) is 1. The van der Waals surface area contributed by atoms with Crippen LogP contribution in [0.3, 0.4) is 0 Å².